The van der Waals surface area contributed by atoms with Crippen LogP contribution in [0.5, 0.6) is 0 Å². The smallest absolute Gasteiger partial charge is 0.349 e. The minimum Gasteiger partial charge on any atom is -0.457 e. The van der Waals surface area contributed by atoms with E-state index in [1.165, 1.54) is 11.6 Å². The number of nitriles is 1. The predicted octanol–water partition coefficient (Wildman–Crippen LogP) is 3.37. The molecule has 0 bridgehead atoms. The Kier molecular flexibility index (Phi) is 4.57. The SMILES string of the molecule is C=CCOC(=O)/C(C#N)=C/c1c[nH]c2c(CC)cccc12. The van der Waals surface area contributed by atoms with Crippen LogP contribution in [0.4, 0.5) is 0 Å². The molecule has 2 rings (SSSR count). The maximum atomic E-state index is 11.7. The van der Waals surface area contributed by atoms with Crippen molar-refractivity contribution < 1.29 is 9.53 Å². The van der Waals surface area contributed by atoms with E-state index in [-0.39, 0.29) is 12.2 Å². The van der Waals surface area contributed by atoms with Gasteiger partial charge in [0.2, 0.25) is 0 Å². The van der Waals surface area contributed by atoms with Crippen LogP contribution < -0.4 is 0 Å². The number of carbonyl (C=O) groups excluding carboxylic acids is 1. The number of esters is 1. The summed E-state index contributed by atoms with van der Waals surface area (Å²) in [7, 11) is 0. The number of aryl methyl sites for hydroxylation is 1. The van der Waals surface area contributed by atoms with Gasteiger partial charge in [-0.2, -0.15) is 5.26 Å². The van der Waals surface area contributed by atoms with Crippen molar-refractivity contribution >= 4 is 22.9 Å². The first kappa shape index (κ1) is 14.6. The summed E-state index contributed by atoms with van der Waals surface area (Å²) in [5, 5.41) is 10.1. The van der Waals surface area contributed by atoms with Crippen LogP contribution in [0.3, 0.4) is 0 Å². The van der Waals surface area contributed by atoms with Crippen molar-refractivity contribution in [2.75, 3.05) is 6.61 Å². The molecule has 0 unspecified atom stereocenters. The molecule has 1 heterocycles. The van der Waals surface area contributed by atoms with Crippen LogP contribution in [0.15, 0.2) is 42.6 Å². The highest BCUT2D eigenvalue weighted by Crippen LogP contribution is 2.24. The lowest BCUT2D eigenvalue weighted by Gasteiger charge is -2.01. The van der Waals surface area contributed by atoms with Gasteiger partial charge in [0.1, 0.15) is 18.2 Å². The van der Waals surface area contributed by atoms with E-state index in [0.717, 1.165) is 22.9 Å². The van der Waals surface area contributed by atoms with Crippen LogP contribution in [-0.2, 0) is 16.0 Å². The molecule has 0 spiro atoms. The highest BCUT2D eigenvalue weighted by Gasteiger charge is 2.12. The number of hydrogen-bond acceptors (Lipinski definition) is 3. The average molecular weight is 280 g/mol. The molecule has 1 aromatic heterocycles. The lowest BCUT2D eigenvalue weighted by Crippen LogP contribution is -2.06. The van der Waals surface area contributed by atoms with Crippen molar-refractivity contribution in [2.24, 2.45) is 0 Å². The summed E-state index contributed by atoms with van der Waals surface area (Å²) in [5.74, 6) is -0.640. The summed E-state index contributed by atoms with van der Waals surface area (Å²) in [4.78, 5) is 14.9. The van der Waals surface area contributed by atoms with Crippen LogP contribution in [0.1, 0.15) is 18.1 Å². The second kappa shape index (κ2) is 6.58. The Morgan fingerprint density at radius 1 is 1.52 bits per heavy atom. The Morgan fingerprint density at radius 3 is 3.00 bits per heavy atom. The molecule has 21 heavy (non-hydrogen) atoms. The Bertz CT molecular complexity index is 748. The number of fused-ring (bicyclic) bond motifs is 1. The molecule has 0 radical (unpaired) electrons. The van der Waals surface area contributed by atoms with E-state index in [0.29, 0.717) is 0 Å². The van der Waals surface area contributed by atoms with Gasteiger partial charge in [-0.25, -0.2) is 4.79 Å². The zero-order valence-corrected chi connectivity index (χ0v) is 11.8. The number of rotatable bonds is 5. The Hall–Kier alpha value is -2.80. The van der Waals surface area contributed by atoms with Gasteiger partial charge >= 0.3 is 5.97 Å². The first-order valence-corrected chi connectivity index (χ1v) is 6.70. The van der Waals surface area contributed by atoms with Gasteiger partial charge in [0, 0.05) is 22.7 Å². The number of aromatic amines is 1. The Morgan fingerprint density at radius 2 is 2.33 bits per heavy atom. The number of nitrogens with one attached hydrogen (secondary N) is 1. The normalized spacial score (nSPS) is 11.1. The van der Waals surface area contributed by atoms with E-state index in [1.54, 1.807) is 12.3 Å². The molecular formula is C17H16N2O2. The molecule has 106 valence electrons. The fourth-order valence-electron chi connectivity index (χ4n) is 2.16. The van der Waals surface area contributed by atoms with Crippen LogP contribution in [0, 0.1) is 11.3 Å². The largest absolute Gasteiger partial charge is 0.457 e. The molecule has 0 aliphatic carbocycles. The monoisotopic (exact) mass is 280 g/mol. The maximum Gasteiger partial charge on any atom is 0.349 e. The highest BCUT2D eigenvalue weighted by atomic mass is 16.5. The molecule has 0 fully saturated rings. The summed E-state index contributed by atoms with van der Waals surface area (Å²) in [6.45, 7) is 5.64. The molecule has 0 aliphatic heterocycles. The van der Waals surface area contributed by atoms with Gasteiger partial charge in [-0.05, 0) is 18.1 Å². The lowest BCUT2D eigenvalue weighted by molar-refractivity contribution is -0.137. The number of carbonyl (C=O) groups is 1. The minimum absolute atomic E-state index is 0.0281. The minimum atomic E-state index is -0.640. The summed E-state index contributed by atoms with van der Waals surface area (Å²) in [5.41, 5.74) is 3.00. The molecule has 0 saturated heterocycles. The van der Waals surface area contributed by atoms with E-state index in [4.69, 9.17) is 10.00 Å². The number of aromatic nitrogens is 1. The molecular weight excluding hydrogens is 264 g/mol. The number of nitrogens with zero attached hydrogens (tertiary/aromatic N) is 1. The van der Waals surface area contributed by atoms with Gasteiger partial charge in [-0.3, -0.25) is 0 Å². The molecule has 0 aliphatic rings. The second-order valence-corrected chi connectivity index (χ2v) is 4.49. The van der Waals surface area contributed by atoms with E-state index >= 15 is 0 Å². The third-order valence-corrected chi connectivity index (χ3v) is 3.19. The molecule has 0 atom stereocenters. The summed E-state index contributed by atoms with van der Waals surface area (Å²) in [6, 6.07) is 7.86. The predicted molar refractivity (Wildman–Crippen MR) is 82.4 cm³/mol. The van der Waals surface area contributed by atoms with Crippen LogP contribution >= 0.6 is 0 Å². The molecule has 4 nitrogen and oxygen atoms in total. The highest BCUT2D eigenvalue weighted by molar-refractivity contribution is 6.01. The number of para-hydroxylation sites is 1. The summed E-state index contributed by atoms with van der Waals surface area (Å²) in [6.07, 6.45) is 5.71. The van der Waals surface area contributed by atoms with Crippen molar-refractivity contribution in [1.82, 2.24) is 4.98 Å². The van der Waals surface area contributed by atoms with E-state index in [1.807, 2.05) is 18.2 Å². The number of H-pyrrole nitrogens is 1. The quantitative estimate of drug-likeness (QED) is 0.395. The number of ether oxygens (including phenoxy) is 1. The third kappa shape index (κ3) is 3.03. The maximum absolute atomic E-state index is 11.7. The molecule has 0 saturated carbocycles. The van der Waals surface area contributed by atoms with Crippen molar-refractivity contribution in [2.45, 2.75) is 13.3 Å². The average Bonchev–Trinajstić information content (AvgIpc) is 2.93. The number of benzene rings is 1. The molecule has 1 N–H and O–H groups in total. The van der Waals surface area contributed by atoms with Gasteiger partial charge in [0.25, 0.3) is 0 Å². The lowest BCUT2D eigenvalue weighted by atomic mass is 10.1. The van der Waals surface area contributed by atoms with E-state index in [2.05, 4.69) is 24.6 Å². The fraction of sp³-hybridized carbons (Fsp3) is 0.176. The molecule has 1 aromatic carbocycles. The zero-order valence-electron chi connectivity index (χ0n) is 11.8. The Labute approximate surface area is 123 Å². The first-order chi connectivity index (χ1) is 10.2. The van der Waals surface area contributed by atoms with Crippen molar-refractivity contribution in [3.63, 3.8) is 0 Å². The first-order valence-electron chi connectivity index (χ1n) is 6.70. The van der Waals surface area contributed by atoms with E-state index in [9.17, 15) is 4.79 Å². The Balaban J connectivity index is 2.42. The van der Waals surface area contributed by atoms with Crippen molar-refractivity contribution in [3.8, 4) is 6.07 Å². The van der Waals surface area contributed by atoms with Gasteiger partial charge in [-0.1, -0.05) is 37.8 Å². The number of hydrogen-bond donors (Lipinski definition) is 1. The topological polar surface area (TPSA) is 65.9 Å². The van der Waals surface area contributed by atoms with Crippen LogP contribution in [0.25, 0.3) is 17.0 Å². The molecule has 2 aromatic rings. The van der Waals surface area contributed by atoms with Crippen molar-refractivity contribution in [1.29, 1.82) is 5.26 Å². The standard InChI is InChI=1S/C17H16N2O2/c1-3-8-21-17(20)13(10-18)9-14-11-19-16-12(4-2)6-5-7-15(14)16/h3,5-7,9,11,19H,1,4,8H2,2H3/b13-9+. The molecule has 0 amide bonds. The van der Waals surface area contributed by atoms with Crippen LogP contribution in [0.2, 0.25) is 0 Å². The van der Waals surface area contributed by atoms with Crippen molar-refractivity contribution in [3.05, 3.63) is 53.8 Å². The zero-order chi connectivity index (χ0) is 15.2. The van der Waals surface area contributed by atoms with Gasteiger partial charge in [-0.15, -0.1) is 0 Å². The van der Waals surface area contributed by atoms with Gasteiger partial charge in [0.15, 0.2) is 0 Å². The summed E-state index contributed by atoms with van der Waals surface area (Å²) >= 11 is 0. The van der Waals surface area contributed by atoms with Gasteiger partial charge < -0.3 is 9.72 Å². The summed E-state index contributed by atoms with van der Waals surface area (Å²) < 4.78 is 4.89. The molecule has 4 heteroatoms. The fourth-order valence-corrected chi connectivity index (χ4v) is 2.16. The van der Waals surface area contributed by atoms with Crippen LogP contribution in [-0.4, -0.2) is 17.6 Å². The van der Waals surface area contributed by atoms with Gasteiger partial charge in [0.05, 0.1) is 0 Å². The second-order valence-electron chi connectivity index (χ2n) is 4.49. The van der Waals surface area contributed by atoms with E-state index < -0.39 is 5.97 Å². The third-order valence-electron chi connectivity index (χ3n) is 3.19.